The van der Waals surface area contributed by atoms with Gasteiger partial charge in [0.2, 0.25) is 0 Å². The van der Waals surface area contributed by atoms with Crippen LogP contribution in [0.15, 0.2) is 29.3 Å². The van der Waals surface area contributed by atoms with E-state index in [1.807, 2.05) is 44.9 Å². The molecule has 1 aromatic rings. The molecule has 0 heterocycles. The monoisotopic (exact) mass is 545 g/mol. The molecule has 0 bridgehead atoms. The molecule has 28 heavy (non-hydrogen) atoms. The molecule has 1 rings (SSSR count). The largest absolute Gasteiger partial charge is 0.492 e. The Morgan fingerprint density at radius 3 is 2.43 bits per heavy atom. The molecule has 0 atom stereocenters. The number of ether oxygens (including phenoxy) is 1. The summed E-state index contributed by atoms with van der Waals surface area (Å²) >= 11 is 5.87. The lowest BCUT2D eigenvalue weighted by Crippen LogP contribution is -2.41. The molecule has 6 nitrogen and oxygen atoms in total. The van der Waals surface area contributed by atoms with Gasteiger partial charge in [0.25, 0.3) is 0 Å². The van der Waals surface area contributed by atoms with E-state index < -0.39 is 9.84 Å². The lowest BCUT2D eigenvalue weighted by molar-refractivity contribution is 0.280. The third kappa shape index (κ3) is 12.0. The van der Waals surface area contributed by atoms with Gasteiger partial charge < -0.3 is 15.0 Å². The van der Waals surface area contributed by atoms with Crippen molar-refractivity contribution >= 4 is 51.4 Å². The second-order valence-electron chi connectivity index (χ2n) is 7.44. The second-order valence-corrected chi connectivity index (χ2v) is 10.1. The first-order valence-electron chi connectivity index (χ1n) is 9.08. The van der Waals surface area contributed by atoms with E-state index in [2.05, 4.69) is 10.3 Å². The average Bonchev–Trinajstić information content (AvgIpc) is 2.58. The molecule has 162 valence electrons. The highest BCUT2D eigenvalue weighted by molar-refractivity contribution is 14.0. The predicted octanol–water partition coefficient (Wildman–Crippen LogP) is 3.70. The van der Waals surface area contributed by atoms with Gasteiger partial charge in [-0.1, -0.05) is 25.4 Å². The number of likely N-dealkylation sites (N-methyl/N-ethyl adjacent to an activating group) is 1. The first kappa shape index (κ1) is 27.3. The van der Waals surface area contributed by atoms with Crippen LogP contribution < -0.4 is 10.1 Å². The molecule has 0 aliphatic heterocycles. The van der Waals surface area contributed by atoms with Crippen LogP contribution in [-0.4, -0.2) is 64.6 Å². The van der Waals surface area contributed by atoms with Crippen LogP contribution in [0.1, 0.15) is 27.2 Å². The first-order valence-corrected chi connectivity index (χ1v) is 11.5. The molecule has 1 aromatic carbocycles. The molecular weight excluding hydrogens is 513 g/mol. The molecule has 0 spiro atoms. The molecule has 0 aromatic heterocycles. The van der Waals surface area contributed by atoms with Crippen molar-refractivity contribution in [2.45, 2.75) is 27.2 Å². The van der Waals surface area contributed by atoms with E-state index in [1.165, 1.54) is 6.26 Å². The van der Waals surface area contributed by atoms with Crippen LogP contribution in [0.4, 0.5) is 0 Å². The van der Waals surface area contributed by atoms with Crippen molar-refractivity contribution in [1.82, 2.24) is 10.2 Å². The van der Waals surface area contributed by atoms with Crippen LogP contribution in [0.5, 0.6) is 5.75 Å². The smallest absolute Gasteiger partial charge is 0.193 e. The summed E-state index contributed by atoms with van der Waals surface area (Å²) in [6, 6.07) is 7.27. The minimum Gasteiger partial charge on any atom is -0.492 e. The maximum atomic E-state index is 11.4. The van der Waals surface area contributed by atoms with Crippen LogP contribution in [0.25, 0.3) is 0 Å². The summed E-state index contributed by atoms with van der Waals surface area (Å²) in [6.45, 7) is 8.57. The van der Waals surface area contributed by atoms with Crippen LogP contribution >= 0.6 is 35.6 Å². The number of benzene rings is 1. The molecule has 0 radical (unpaired) electrons. The molecule has 0 aliphatic rings. The summed E-state index contributed by atoms with van der Waals surface area (Å²) in [5.74, 6) is 1.73. The van der Waals surface area contributed by atoms with Crippen LogP contribution in [0.2, 0.25) is 5.02 Å². The Balaban J connectivity index is 0.00000729. The normalized spacial score (nSPS) is 12.3. The highest BCUT2D eigenvalue weighted by Crippen LogP contribution is 2.21. The fourth-order valence-electron chi connectivity index (χ4n) is 2.24. The van der Waals surface area contributed by atoms with E-state index in [1.54, 1.807) is 12.1 Å². The third-order valence-corrected chi connectivity index (χ3v) is 5.21. The summed E-state index contributed by atoms with van der Waals surface area (Å²) in [4.78, 5) is 6.69. The Morgan fingerprint density at radius 2 is 1.89 bits per heavy atom. The molecular formula is C19H33ClIN3O3S. The van der Waals surface area contributed by atoms with Crippen molar-refractivity contribution in [3.8, 4) is 5.75 Å². The zero-order valence-corrected chi connectivity index (χ0v) is 21.3. The molecule has 0 aliphatic carbocycles. The molecule has 0 fully saturated rings. The molecule has 0 unspecified atom stereocenters. The Bertz CT molecular complexity index is 710. The van der Waals surface area contributed by atoms with E-state index in [0.717, 1.165) is 18.3 Å². The number of sulfone groups is 1. The number of nitrogens with zero attached hydrogens (tertiary/aromatic N) is 2. The number of hydrogen-bond donors (Lipinski definition) is 1. The third-order valence-electron chi connectivity index (χ3n) is 4.01. The van der Waals surface area contributed by atoms with E-state index in [-0.39, 0.29) is 35.1 Å². The zero-order valence-electron chi connectivity index (χ0n) is 17.4. The zero-order chi connectivity index (χ0) is 20.5. The minimum atomic E-state index is -2.96. The van der Waals surface area contributed by atoms with Gasteiger partial charge in [-0.05, 0) is 43.0 Å². The van der Waals surface area contributed by atoms with Crippen molar-refractivity contribution in [3.63, 3.8) is 0 Å². The van der Waals surface area contributed by atoms with Crippen molar-refractivity contribution in [2.75, 3.05) is 45.3 Å². The highest BCUT2D eigenvalue weighted by Gasteiger charge is 2.20. The summed E-state index contributed by atoms with van der Waals surface area (Å²) in [6.07, 6.45) is 1.85. The summed E-state index contributed by atoms with van der Waals surface area (Å²) in [7, 11) is -1.01. The Hall–Kier alpha value is -0.740. The maximum absolute atomic E-state index is 11.4. The van der Waals surface area contributed by atoms with Gasteiger partial charge >= 0.3 is 0 Å². The van der Waals surface area contributed by atoms with Crippen molar-refractivity contribution in [2.24, 2.45) is 10.4 Å². The van der Waals surface area contributed by atoms with Crippen LogP contribution in [0, 0.1) is 5.41 Å². The SMILES string of the molecule is CCNC(=NCC(C)(C)CCS(C)(=O)=O)N(C)CCOc1ccc(Cl)cc1.I. The topological polar surface area (TPSA) is 71.0 Å². The van der Waals surface area contributed by atoms with Gasteiger partial charge in [0.05, 0.1) is 12.3 Å². The van der Waals surface area contributed by atoms with Gasteiger partial charge in [0.15, 0.2) is 5.96 Å². The molecule has 0 saturated carbocycles. The standard InChI is InChI=1S/C19H32ClN3O3S.HI/c1-6-21-18(22-15-19(2,3)11-14-27(5,24)25)23(4)12-13-26-17-9-7-16(20)8-10-17;/h7-10H,6,11-15H2,1-5H3,(H,21,22);1H. The lowest BCUT2D eigenvalue weighted by atomic mass is 9.90. The van der Waals surface area contributed by atoms with Gasteiger partial charge in [0, 0.05) is 31.4 Å². The minimum absolute atomic E-state index is 0. The summed E-state index contributed by atoms with van der Waals surface area (Å²) in [5.41, 5.74) is -0.190. The number of guanidine groups is 1. The van der Waals surface area contributed by atoms with Gasteiger partial charge in [-0.15, -0.1) is 24.0 Å². The van der Waals surface area contributed by atoms with E-state index in [0.29, 0.717) is 31.1 Å². The van der Waals surface area contributed by atoms with Gasteiger partial charge in [-0.3, -0.25) is 4.99 Å². The quantitative estimate of drug-likeness (QED) is 0.276. The van der Waals surface area contributed by atoms with Crippen molar-refractivity contribution in [3.05, 3.63) is 29.3 Å². The molecule has 1 N–H and O–H groups in total. The fraction of sp³-hybridized carbons (Fsp3) is 0.632. The van der Waals surface area contributed by atoms with Crippen molar-refractivity contribution < 1.29 is 13.2 Å². The second kappa shape index (κ2) is 12.7. The predicted molar refractivity (Wildman–Crippen MR) is 129 cm³/mol. The van der Waals surface area contributed by atoms with Crippen LogP contribution in [-0.2, 0) is 9.84 Å². The lowest BCUT2D eigenvalue weighted by Gasteiger charge is -2.26. The number of halogens is 2. The van der Waals surface area contributed by atoms with Gasteiger partial charge in [0.1, 0.15) is 22.2 Å². The van der Waals surface area contributed by atoms with E-state index in [4.69, 9.17) is 16.3 Å². The van der Waals surface area contributed by atoms with Gasteiger partial charge in [-0.25, -0.2) is 8.42 Å². The maximum Gasteiger partial charge on any atom is 0.193 e. The highest BCUT2D eigenvalue weighted by atomic mass is 127. The average molecular weight is 546 g/mol. The molecule has 9 heteroatoms. The first-order chi connectivity index (χ1) is 12.5. The summed E-state index contributed by atoms with van der Waals surface area (Å²) in [5, 5.41) is 3.95. The number of hydrogen-bond acceptors (Lipinski definition) is 4. The van der Waals surface area contributed by atoms with Crippen molar-refractivity contribution in [1.29, 1.82) is 0 Å². The van der Waals surface area contributed by atoms with E-state index >= 15 is 0 Å². The van der Waals surface area contributed by atoms with Crippen LogP contribution in [0.3, 0.4) is 0 Å². The Kier molecular flexibility index (Phi) is 12.4. The Labute approximate surface area is 192 Å². The summed E-state index contributed by atoms with van der Waals surface area (Å²) < 4.78 is 28.5. The fourth-order valence-corrected chi connectivity index (χ4v) is 3.29. The Morgan fingerprint density at radius 1 is 1.29 bits per heavy atom. The number of nitrogens with one attached hydrogen (secondary N) is 1. The van der Waals surface area contributed by atoms with Gasteiger partial charge in [-0.2, -0.15) is 0 Å². The number of aliphatic imine (C=N–C) groups is 1. The van der Waals surface area contributed by atoms with E-state index in [9.17, 15) is 8.42 Å². The number of rotatable bonds is 10. The molecule has 0 amide bonds. The molecule has 0 saturated heterocycles.